The zero-order valence-corrected chi connectivity index (χ0v) is 12.4. The monoisotopic (exact) mass is 326 g/mol. The highest BCUT2D eigenvalue weighted by Crippen LogP contribution is 2.31. The van der Waals surface area contributed by atoms with Crippen molar-refractivity contribution in [1.82, 2.24) is 4.98 Å². The standard InChI is InChI=1S/C20H14NOS/c1-3-8-15(9-4-1)17-14-18(16-10-5-2-6-11-16)22-20(21-17)19-12-7-13-23-19/h1-14H/q+1/i1D,2D,3D,4D,5D,6D,8D,9D,10D,11D. The maximum Gasteiger partial charge on any atom is 0.470 e. The van der Waals surface area contributed by atoms with Crippen LogP contribution in [0.15, 0.2) is 88.4 Å². The van der Waals surface area contributed by atoms with Crippen LogP contribution in [-0.4, -0.2) is 4.98 Å². The van der Waals surface area contributed by atoms with Crippen molar-refractivity contribution in [2.24, 2.45) is 0 Å². The van der Waals surface area contributed by atoms with E-state index in [2.05, 4.69) is 4.98 Å². The summed E-state index contributed by atoms with van der Waals surface area (Å²) in [4.78, 5) is 4.89. The third-order valence-electron chi connectivity index (χ3n) is 2.93. The first-order chi connectivity index (χ1) is 15.5. The smallest absolute Gasteiger partial charge is 0.186 e. The molecule has 0 unspecified atom stereocenters. The van der Waals surface area contributed by atoms with E-state index >= 15 is 0 Å². The zero-order valence-electron chi connectivity index (χ0n) is 21.6. The summed E-state index contributed by atoms with van der Waals surface area (Å²) in [5.74, 6) is -0.136. The van der Waals surface area contributed by atoms with Crippen LogP contribution in [0.2, 0.25) is 0 Å². The van der Waals surface area contributed by atoms with E-state index in [1.54, 1.807) is 17.5 Å². The Labute approximate surface area is 152 Å². The molecule has 4 aromatic rings. The van der Waals surface area contributed by atoms with Gasteiger partial charge >= 0.3 is 11.7 Å². The Morgan fingerprint density at radius 3 is 2.26 bits per heavy atom. The highest BCUT2D eigenvalue weighted by Gasteiger charge is 2.22. The third-order valence-corrected chi connectivity index (χ3v) is 3.79. The van der Waals surface area contributed by atoms with Crippen molar-refractivity contribution in [3.63, 3.8) is 0 Å². The molecule has 2 heterocycles. The Kier molecular flexibility index (Phi) is 1.81. The molecule has 0 fully saturated rings. The van der Waals surface area contributed by atoms with Crippen molar-refractivity contribution in [3.05, 3.63) is 84.0 Å². The topological polar surface area (TPSA) is 24.2 Å². The van der Waals surface area contributed by atoms with Gasteiger partial charge in [0.1, 0.15) is 0 Å². The molecule has 0 saturated carbocycles. The second-order valence-corrected chi connectivity index (χ2v) is 5.34. The molecule has 2 aromatic heterocycles. The van der Waals surface area contributed by atoms with E-state index in [0.29, 0.717) is 4.88 Å². The number of hydrogen-bond acceptors (Lipinski definition) is 2. The molecule has 0 N–H and O–H groups in total. The minimum Gasteiger partial charge on any atom is -0.186 e. The average Bonchev–Trinajstić information content (AvgIpc) is 3.34. The highest BCUT2D eigenvalue weighted by atomic mass is 32.1. The molecule has 4 rings (SSSR count). The minimum absolute atomic E-state index is 0.0103. The Bertz CT molecular complexity index is 1280. The van der Waals surface area contributed by atoms with Gasteiger partial charge in [0.15, 0.2) is 4.88 Å². The molecule has 0 spiro atoms. The number of aromatic nitrogens is 1. The van der Waals surface area contributed by atoms with Crippen molar-refractivity contribution in [1.29, 1.82) is 0 Å². The molecule has 110 valence electrons. The van der Waals surface area contributed by atoms with Crippen LogP contribution >= 0.6 is 11.3 Å². The second-order valence-electron chi connectivity index (χ2n) is 4.39. The summed E-state index contributed by atoms with van der Waals surface area (Å²) in [7, 11) is 0. The normalized spacial score (nSPS) is 16.7. The van der Waals surface area contributed by atoms with Crippen molar-refractivity contribution in [2.45, 2.75) is 0 Å². The Hall–Kier alpha value is -2.78. The van der Waals surface area contributed by atoms with Gasteiger partial charge in [0.2, 0.25) is 0 Å². The van der Waals surface area contributed by atoms with Crippen LogP contribution in [0.1, 0.15) is 13.7 Å². The van der Waals surface area contributed by atoms with Crippen molar-refractivity contribution < 1.29 is 18.1 Å². The molecule has 0 radical (unpaired) electrons. The van der Waals surface area contributed by atoms with Gasteiger partial charge in [-0.2, -0.15) is 9.40 Å². The van der Waals surface area contributed by atoms with Crippen LogP contribution in [-0.2, 0) is 0 Å². The van der Waals surface area contributed by atoms with E-state index in [1.165, 1.54) is 17.4 Å². The molecule has 2 nitrogen and oxygen atoms in total. The first kappa shape index (κ1) is 6.77. The van der Waals surface area contributed by atoms with Gasteiger partial charge in [-0.3, -0.25) is 0 Å². The molecule has 0 aliphatic carbocycles. The molecule has 0 atom stereocenters. The number of benzene rings is 2. The summed E-state index contributed by atoms with van der Waals surface area (Å²) >= 11 is 1.27. The van der Waals surface area contributed by atoms with Crippen LogP contribution in [0.4, 0.5) is 0 Å². The summed E-state index contributed by atoms with van der Waals surface area (Å²) in [6.45, 7) is 0. The SMILES string of the molecule is [2H]c1c([2H])c([2H])c(-c2cc(-c3c([2H])c([2H])c([2H])c([2H])c3[2H])[o+]c(-c3cccs3)n2)c([2H])c1[2H]. The molecule has 0 aliphatic rings. The van der Waals surface area contributed by atoms with E-state index < -0.39 is 60.4 Å². The van der Waals surface area contributed by atoms with Gasteiger partial charge in [-0.15, -0.1) is 11.3 Å². The van der Waals surface area contributed by atoms with Gasteiger partial charge in [-0.1, -0.05) is 54.4 Å². The number of rotatable bonds is 3. The van der Waals surface area contributed by atoms with Crippen molar-refractivity contribution in [3.8, 4) is 33.3 Å². The second kappa shape index (κ2) is 6.15. The highest BCUT2D eigenvalue weighted by molar-refractivity contribution is 7.13. The largest absolute Gasteiger partial charge is 0.470 e. The predicted octanol–water partition coefficient (Wildman–Crippen LogP) is 6.02. The van der Waals surface area contributed by atoms with Crippen LogP contribution in [0.5, 0.6) is 0 Å². The van der Waals surface area contributed by atoms with E-state index in [4.69, 9.17) is 18.1 Å². The molecule has 0 bridgehead atoms. The van der Waals surface area contributed by atoms with Crippen LogP contribution in [0.25, 0.3) is 33.3 Å². The van der Waals surface area contributed by atoms with Crippen LogP contribution < -0.4 is 0 Å². The van der Waals surface area contributed by atoms with Gasteiger partial charge < -0.3 is 0 Å². The fourth-order valence-electron chi connectivity index (χ4n) is 1.93. The van der Waals surface area contributed by atoms with E-state index in [-0.39, 0.29) is 28.5 Å². The third kappa shape index (κ3) is 2.91. The average molecular weight is 326 g/mol. The summed E-state index contributed by atoms with van der Waals surface area (Å²) in [5, 5.41) is 1.76. The van der Waals surface area contributed by atoms with E-state index in [1.807, 2.05) is 0 Å². The molecule has 0 aliphatic heterocycles. The quantitative estimate of drug-likeness (QED) is 0.430. The van der Waals surface area contributed by atoms with E-state index in [9.17, 15) is 0 Å². The van der Waals surface area contributed by atoms with Crippen molar-refractivity contribution >= 4 is 11.3 Å². The predicted molar refractivity (Wildman–Crippen MR) is 95.1 cm³/mol. The van der Waals surface area contributed by atoms with Gasteiger partial charge in [0.05, 0.1) is 31.0 Å². The van der Waals surface area contributed by atoms with Crippen LogP contribution in [0, 0.1) is 0 Å². The minimum atomic E-state index is -0.563. The lowest BCUT2D eigenvalue weighted by atomic mass is 10.1. The Balaban J connectivity index is 2.11. The van der Waals surface area contributed by atoms with Crippen molar-refractivity contribution in [2.75, 3.05) is 0 Å². The summed E-state index contributed by atoms with van der Waals surface area (Å²) < 4.78 is 86.3. The first-order valence-electron chi connectivity index (χ1n) is 11.6. The Morgan fingerprint density at radius 2 is 1.61 bits per heavy atom. The van der Waals surface area contributed by atoms with E-state index in [0.717, 1.165) is 0 Å². The summed E-state index contributed by atoms with van der Waals surface area (Å²) in [6.07, 6.45) is 0. The number of hydrogen-bond donors (Lipinski definition) is 0. The molecular weight excluding hydrogens is 302 g/mol. The fraction of sp³-hybridized carbons (Fsp3) is 0. The lowest BCUT2D eigenvalue weighted by Gasteiger charge is -2.00. The first-order valence-corrected chi connectivity index (χ1v) is 7.46. The summed E-state index contributed by atoms with van der Waals surface area (Å²) in [5.41, 5.74) is -0.471. The molecule has 0 saturated heterocycles. The lowest BCUT2D eigenvalue weighted by Crippen LogP contribution is -1.89. The van der Waals surface area contributed by atoms with Gasteiger partial charge in [0, 0.05) is 5.56 Å². The number of thiophene rings is 1. The van der Waals surface area contributed by atoms with Gasteiger partial charge in [-0.25, -0.2) is 0 Å². The number of nitrogens with zero attached hydrogens (tertiary/aromatic N) is 1. The molecule has 23 heavy (non-hydrogen) atoms. The summed E-state index contributed by atoms with van der Waals surface area (Å²) in [6, 6.07) is -0.643. The Morgan fingerprint density at radius 1 is 0.913 bits per heavy atom. The maximum absolute atomic E-state index is 8.27. The zero-order chi connectivity index (χ0) is 24.2. The lowest BCUT2D eigenvalue weighted by molar-refractivity contribution is 0.564. The maximum atomic E-state index is 8.27. The molecular formula is C20H14NOS+. The van der Waals surface area contributed by atoms with Gasteiger partial charge in [0.25, 0.3) is 0 Å². The molecule has 3 heteroatoms. The fourth-order valence-corrected chi connectivity index (χ4v) is 2.58. The molecule has 2 aromatic carbocycles. The van der Waals surface area contributed by atoms with Crippen LogP contribution in [0.3, 0.4) is 0 Å². The van der Waals surface area contributed by atoms with Gasteiger partial charge in [-0.05, 0) is 23.5 Å². The molecule has 0 amide bonds.